The lowest BCUT2D eigenvalue weighted by Gasteiger charge is -2.33. The second-order valence-corrected chi connectivity index (χ2v) is 6.34. The molecule has 0 saturated carbocycles. The molecule has 1 aliphatic heterocycles. The molecule has 4 heteroatoms. The lowest BCUT2D eigenvalue weighted by molar-refractivity contribution is -0.116. The summed E-state index contributed by atoms with van der Waals surface area (Å²) in [4.78, 5) is 14.7. The van der Waals surface area contributed by atoms with Gasteiger partial charge >= 0.3 is 0 Å². The molecule has 122 valence electrons. The first-order valence-electron chi connectivity index (χ1n) is 8.20. The summed E-state index contributed by atoms with van der Waals surface area (Å²) in [5, 5.41) is 3.02. The zero-order chi connectivity index (χ0) is 16.1. The van der Waals surface area contributed by atoms with E-state index >= 15 is 0 Å². The van der Waals surface area contributed by atoms with Crippen LogP contribution in [0.2, 0.25) is 0 Å². The zero-order valence-electron chi connectivity index (χ0n) is 14.2. The number of amides is 1. The van der Waals surface area contributed by atoms with Crippen LogP contribution in [0.25, 0.3) is 0 Å². The van der Waals surface area contributed by atoms with Crippen molar-refractivity contribution < 1.29 is 9.53 Å². The van der Waals surface area contributed by atoms with E-state index < -0.39 is 0 Å². The quantitative estimate of drug-likeness (QED) is 0.905. The van der Waals surface area contributed by atoms with Crippen LogP contribution in [0.3, 0.4) is 0 Å². The molecule has 0 spiro atoms. The van der Waals surface area contributed by atoms with Crippen LogP contribution in [0.15, 0.2) is 12.1 Å². The van der Waals surface area contributed by atoms with Crippen molar-refractivity contribution in [2.24, 2.45) is 0 Å². The molecule has 1 heterocycles. The number of piperidine rings is 1. The molecular weight excluding hydrogens is 276 g/mol. The molecule has 1 aliphatic rings. The van der Waals surface area contributed by atoms with Crippen molar-refractivity contribution >= 4 is 11.6 Å². The van der Waals surface area contributed by atoms with Crippen molar-refractivity contribution in [2.75, 3.05) is 25.5 Å². The van der Waals surface area contributed by atoms with E-state index in [1.54, 1.807) is 7.11 Å². The van der Waals surface area contributed by atoms with Gasteiger partial charge in [0, 0.05) is 19.0 Å². The number of hydrogen-bond donors (Lipinski definition) is 1. The molecule has 1 N–H and O–H groups in total. The lowest BCUT2D eigenvalue weighted by Crippen LogP contribution is -2.39. The first kappa shape index (κ1) is 16.8. The number of carbonyl (C=O) groups is 1. The number of methoxy groups -OCH3 is 1. The Labute approximate surface area is 133 Å². The topological polar surface area (TPSA) is 41.6 Å². The number of anilines is 1. The van der Waals surface area contributed by atoms with E-state index in [0.29, 0.717) is 12.5 Å². The fraction of sp³-hybridized carbons (Fsp3) is 0.611. The minimum atomic E-state index is 0.0584. The molecule has 1 atom stereocenters. The van der Waals surface area contributed by atoms with Gasteiger partial charge in [0.25, 0.3) is 0 Å². The number of likely N-dealkylation sites (tertiary alicyclic amines) is 1. The summed E-state index contributed by atoms with van der Waals surface area (Å²) in [5.41, 5.74) is 2.97. The van der Waals surface area contributed by atoms with E-state index in [1.165, 1.54) is 19.3 Å². The number of nitrogens with one attached hydrogen (secondary N) is 1. The number of benzene rings is 1. The third kappa shape index (κ3) is 4.23. The molecule has 1 aromatic carbocycles. The molecule has 0 unspecified atom stereocenters. The number of nitrogens with zero attached hydrogens (tertiary/aromatic N) is 1. The largest absolute Gasteiger partial charge is 0.495 e. The Morgan fingerprint density at radius 1 is 1.36 bits per heavy atom. The second-order valence-electron chi connectivity index (χ2n) is 6.34. The van der Waals surface area contributed by atoms with Crippen molar-refractivity contribution in [3.8, 4) is 5.75 Å². The zero-order valence-corrected chi connectivity index (χ0v) is 14.2. The number of rotatable bonds is 5. The highest BCUT2D eigenvalue weighted by Gasteiger charge is 2.19. The van der Waals surface area contributed by atoms with Crippen LogP contribution in [-0.4, -0.2) is 37.0 Å². The molecule has 1 saturated heterocycles. The summed E-state index contributed by atoms with van der Waals surface area (Å²) in [6.45, 7) is 8.22. The average Bonchev–Trinajstić information content (AvgIpc) is 2.49. The number of ether oxygens (including phenoxy) is 1. The van der Waals surface area contributed by atoms with Crippen molar-refractivity contribution in [3.05, 3.63) is 23.3 Å². The minimum Gasteiger partial charge on any atom is -0.495 e. The van der Waals surface area contributed by atoms with Gasteiger partial charge in [0.05, 0.1) is 12.8 Å². The van der Waals surface area contributed by atoms with Gasteiger partial charge in [0.15, 0.2) is 0 Å². The summed E-state index contributed by atoms with van der Waals surface area (Å²) in [6, 6.07) is 4.61. The van der Waals surface area contributed by atoms with Gasteiger partial charge in [-0.3, -0.25) is 4.79 Å². The van der Waals surface area contributed by atoms with Gasteiger partial charge in [-0.1, -0.05) is 12.5 Å². The fourth-order valence-electron chi connectivity index (χ4n) is 3.19. The Hall–Kier alpha value is -1.55. The molecule has 1 fully saturated rings. The molecule has 1 amide bonds. The maximum absolute atomic E-state index is 12.3. The molecule has 0 aliphatic carbocycles. The first-order valence-corrected chi connectivity index (χ1v) is 8.20. The standard InChI is InChI=1S/C18H28N2O2/c1-13-11-14(2)18(16(12-13)22-4)19-17(21)8-10-20-9-6-5-7-15(20)3/h11-12,15H,5-10H2,1-4H3,(H,19,21)/t15-/m0/s1. The Morgan fingerprint density at radius 2 is 2.14 bits per heavy atom. The van der Waals surface area contributed by atoms with E-state index in [1.807, 2.05) is 19.9 Å². The van der Waals surface area contributed by atoms with Crippen LogP contribution >= 0.6 is 0 Å². The van der Waals surface area contributed by atoms with E-state index in [-0.39, 0.29) is 5.91 Å². The average molecular weight is 304 g/mol. The van der Waals surface area contributed by atoms with Gasteiger partial charge in [-0.2, -0.15) is 0 Å². The van der Waals surface area contributed by atoms with Gasteiger partial charge in [0.2, 0.25) is 5.91 Å². The van der Waals surface area contributed by atoms with Gasteiger partial charge in [-0.15, -0.1) is 0 Å². The summed E-state index contributed by atoms with van der Waals surface area (Å²) >= 11 is 0. The van der Waals surface area contributed by atoms with Crippen LogP contribution in [-0.2, 0) is 4.79 Å². The molecule has 22 heavy (non-hydrogen) atoms. The SMILES string of the molecule is COc1cc(C)cc(C)c1NC(=O)CCN1CCCC[C@@H]1C. The Bertz CT molecular complexity index is 528. The van der Waals surface area contributed by atoms with Crippen molar-refractivity contribution in [1.82, 2.24) is 4.90 Å². The highest BCUT2D eigenvalue weighted by Crippen LogP contribution is 2.29. The summed E-state index contributed by atoms with van der Waals surface area (Å²) in [6.07, 6.45) is 4.33. The summed E-state index contributed by atoms with van der Waals surface area (Å²) in [7, 11) is 1.64. The predicted molar refractivity (Wildman–Crippen MR) is 90.6 cm³/mol. The molecule has 0 aromatic heterocycles. The molecule has 0 bridgehead atoms. The van der Waals surface area contributed by atoms with E-state index in [0.717, 1.165) is 35.7 Å². The Balaban J connectivity index is 1.94. The van der Waals surface area contributed by atoms with Crippen LogP contribution in [0, 0.1) is 13.8 Å². The van der Waals surface area contributed by atoms with Gasteiger partial charge in [0.1, 0.15) is 5.75 Å². The maximum atomic E-state index is 12.3. The highest BCUT2D eigenvalue weighted by molar-refractivity contribution is 5.93. The normalized spacial score (nSPS) is 19.0. The van der Waals surface area contributed by atoms with Gasteiger partial charge in [-0.05, 0) is 57.4 Å². The number of hydrogen-bond acceptors (Lipinski definition) is 3. The summed E-state index contributed by atoms with van der Waals surface area (Å²) < 4.78 is 5.39. The van der Waals surface area contributed by atoms with Crippen LogP contribution in [0.1, 0.15) is 43.7 Å². The smallest absolute Gasteiger partial charge is 0.225 e. The fourth-order valence-corrected chi connectivity index (χ4v) is 3.19. The first-order chi connectivity index (χ1) is 10.5. The van der Waals surface area contributed by atoms with Crippen LogP contribution in [0.4, 0.5) is 5.69 Å². The predicted octanol–water partition coefficient (Wildman–Crippen LogP) is 3.52. The van der Waals surface area contributed by atoms with Gasteiger partial charge in [-0.25, -0.2) is 0 Å². The lowest BCUT2D eigenvalue weighted by atomic mass is 10.0. The minimum absolute atomic E-state index is 0.0584. The molecule has 0 radical (unpaired) electrons. The summed E-state index contributed by atoms with van der Waals surface area (Å²) in [5.74, 6) is 0.792. The highest BCUT2D eigenvalue weighted by atomic mass is 16.5. The van der Waals surface area contributed by atoms with Gasteiger partial charge < -0.3 is 15.0 Å². The van der Waals surface area contributed by atoms with Crippen LogP contribution in [0.5, 0.6) is 5.75 Å². The van der Waals surface area contributed by atoms with Crippen LogP contribution < -0.4 is 10.1 Å². The van der Waals surface area contributed by atoms with Crippen molar-refractivity contribution in [2.45, 2.75) is 52.5 Å². The number of carbonyl (C=O) groups excluding carboxylic acids is 1. The third-order valence-electron chi connectivity index (χ3n) is 4.49. The van der Waals surface area contributed by atoms with E-state index in [9.17, 15) is 4.79 Å². The maximum Gasteiger partial charge on any atom is 0.225 e. The van der Waals surface area contributed by atoms with E-state index in [2.05, 4.69) is 23.2 Å². The third-order valence-corrected chi connectivity index (χ3v) is 4.49. The molecule has 2 rings (SSSR count). The Kier molecular flexibility index (Phi) is 5.83. The van der Waals surface area contributed by atoms with Crippen molar-refractivity contribution in [3.63, 3.8) is 0 Å². The molecule has 4 nitrogen and oxygen atoms in total. The Morgan fingerprint density at radius 3 is 2.82 bits per heavy atom. The molecular formula is C18H28N2O2. The van der Waals surface area contributed by atoms with E-state index in [4.69, 9.17) is 4.74 Å². The molecule has 1 aromatic rings. The number of aryl methyl sites for hydroxylation is 2. The van der Waals surface area contributed by atoms with Crippen molar-refractivity contribution in [1.29, 1.82) is 0 Å². The monoisotopic (exact) mass is 304 g/mol. The second kappa shape index (κ2) is 7.63.